The number of aromatic nitrogens is 1. The van der Waals surface area contributed by atoms with Gasteiger partial charge < -0.3 is 4.90 Å². The second kappa shape index (κ2) is 7.35. The fraction of sp³-hybridized carbons (Fsp3) is 0.778. The van der Waals surface area contributed by atoms with Crippen molar-refractivity contribution in [3.8, 4) is 0 Å². The molecule has 8 atom stereocenters. The summed E-state index contributed by atoms with van der Waals surface area (Å²) in [6.45, 7) is 7.56. The molecule has 30 heavy (non-hydrogen) atoms. The highest BCUT2D eigenvalue weighted by molar-refractivity contribution is 5.77. The summed E-state index contributed by atoms with van der Waals surface area (Å²) in [5.74, 6) is 4.34. The van der Waals surface area contributed by atoms with Gasteiger partial charge in [-0.1, -0.05) is 26.8 Å². The first-order valence-electron chi connectivity index (χ1n) is 12.5. The van der Waals surface area contributed by atoms with Crippen LogP contribution >= 0.6 is 0 Å². The Hall–Kier alpha value is -1.38. The molecule has 3 nitrogen and oxygen atoms in total. The number of rotatable bonds is 3. The molecule has 164 valence electrons. The molecule has 3 aliphatic carbocycles. The summed E-state index contributed by atoms with van der Waals surface area (Å²) in [5, 5.41) is 0. The van der Waals surface area contributed by atoms with Gasteiger partial charge in [-0.05, 0) is 104 Å². The lowest BCUT2D eigenvalue weighted by Gasteiger charge is -2.62. The minimum Gasteiger partial charge on any atom is -0.342 e. The zero-order valence-electron chi connectivity index (χ0n) is 19.4. The summed E-state index contributed by atoms with van der Waals surface area (Å²) < 4.78 is 0. The Morgan fingerprint density at radius 1 is 1.07 bits per heavy atom. The minimum absolute atomic E-state index is 0.340. The van der Waals surface area contributed by atoms with Gasteiger partial charge in [-0.3, -0.25) is 9.78 Å². The van der Waals surface area contributed by atoms with E-state index in [-0.39, 0.29) is 0 Å². The number of hydrogen-bond donors (Lipinski definition) is 0. The minimum atomic E-state index is 0.340. The summed E-state index contributed by atoms with van der Waals surface area (Å²) in [5.41, 5.74) is 2.11. The van der Waals surface area contributed by atoms with E-state index in [0.717, 1.165) is 36.5 Å². The van der Waals surface area contributed by atoms with E-state index in [4.69, 9.17) is 0 Å². The van der Waals surface area contributed by atoms with E-state index in [1.807, 2.05) is 12.3 Å². The zero-order chi connectivity index (χ0) is 21.1. The molecule has 3 saturated carbocycles. The van der Waals surface area contributed by atoms with Gasteiger partial charge in [0.15, 0.2) is 0 Å². The number of hydrogen-bond acceptors (Lipinski definition) is 2. The SMILES string of the molecule is CC(C[C@H]1CC[C@H]2[C@@H]3CCC4N(C)C(=O)CC[C@]4(C)[C@H]3CC[C@]12C)c1ccccn1. The molecule has 1 amide bonds. The standard InChI is InChI=1S/C27H40N2O/c1-18(23-7-5-6-16-28-23)17-19-8-10-21-20-9-11-24-27(3,15-13-25(30)29(24)4)22(20)12-14-26(19,21)2/h5-7,16,18-22,24H,8-15,17H2,1-4H3/t18?,19-,20+,21+,22+,24?,26-,27-/m1/s1. The number of nitrogens with zero attached hydrogens (tertiary/aromatic N) is 2. The number of likely N-dealkylation sites (tertiary alicyclic amines) is 1. The van der Waals surface area contributed by atoms with Crippen LogP contribution in [0.2, 0.25) is 0 Å². The van der Waals surface area contributed by atoms with Crippen molar-refractivity contribution in [3.63, 3.8) is 0 Å². The van der Waals surface area contributed by atoms with Gasteiger partial charge in [0.05, 0.1) is 0 Å². The van der Waals surface area contributed by atoms with Crippen molar-refractivity contribution in [3.05, 3.63) is 30.1 Å². The average molecular weight is 409 g/mol. The predicted molar refractivity (Wildman–Crippen MR) is 121 cm³/mol. The number of carbonyl (C=O) groups excluding carboxylic acids is 1. The molecule has 1 aromatic heterocycles. The van der Waals surface area contributed by atoms with Crippen LogP contribution in [0, 0.1) is 34.5 Å². The Labute approximate surface area is 183 Å². The number of pyridine rings is 1. The highest BCUT2D eigenvalue weighted by atomic mass is 16.2. The fourth-order valence-electron chi connectivity index (χ4n) is 8.86. The maximum absolute atomic E-state index is 12.4. The summed E-state index contributed by atoms with van der Waals surface area (Å²) in [6.07, 6.45) is 13.3. The highest BCUT2D eigenvalue weighted by Crippen LogP contribution is 2.67. The molecule has 1 aliphatic heterocycles. The van der Waals surface area contributed by atoms with Crippen LogP contribution in [0.25, 0.3) is 0 Å². The molecule has 1 saturated heterocycles. The van der Waals surface area contributed by atoms with Gasteiger partial charge >= 0.3 is 0 Å². The van der Waals surface area contributed by atoms with Gasteiger partial charge in [-0.15, -0.1) is 0 Å². The summed E-state index contributed by atoms with van der Waals surface area (Å²) in [4.78, 5) is 19.1. The molecule has 2 unspecified atom stereocenters. The van der Waals surface area contributed by atoms with Crippen molar-refractivity contribution in [1.82, 2.24) is 9.88 Å². The van der Waals surface area contributed by atoms with Crippen molar-refractivity contribution < 1.29 is 4.79 Å². The molecular weight excluding hydrogens is 368 g/mol. The van der Waals surface area contributed by atoms with Gasteiger partial charge in [0.25, 0.3) is 0 Å². The van der Waals surface area contributed by atoms with Gasteiger partial charge in [0.2, 0.25) is 5.91 Å². The van der Waals surface area contributed by atoms with Crippen LogP contribution in [-0.4, -0.2) is 28.9 Å². The smallest absolute Gasteiger partial charge is 0.222 e. The van der Waals surface area contributed by atoms with Crippen molar-refractivity contribution >= 4 is 5.91 Å². The van der Waals surface area contributed by atoms with Crippen LogP contribution < -0.4 is 0 Å². The normalized spacial score (nSPS) is 44.2. The third-order valence-corrected chi connectivity index (χ3v) is 10.6. The van der Waals surface area contributed by atoms with Crippen molar-refractivity contribution in [1.29, 1.82) is 0 Å². The largest absolute Gasteiger partial charge is 0.342 e. The second-order valence-electron chi connectivity index (χ2n) is 11.7. The summed E-state index contributed by atoms with van der Waals surface area (Å²) >= 11 is 0. The van der Waals surface area contributed by atoms with Gasteiger partial charge in [-0.2, -0.15) is 0 Å². The maximum atomic E-state index is 12.4. The van der Waals surface area contributed by atoms with E-state index in [1.54, 1.807) is 0 Å². The van der Waals surface area contributed by atoms with Crippen molar-refractivity contribution in [2.75, 3.05) is 7.05 Å². The number of amides is 1. The van der Waals surface area contributed by atoms with E-state index in [0.29, 0.717) is 28.7 Å². The highest BCUT2D eigenvalue weighted by Gasteiger charge is 2.61. The van der Waals surface area contributed by atoms with Gasteiger partial charge in [0, 0.05) is 31.4 Å². The zero-order valence-corrected chi connectivity index (χ0v) is 19.4. The van der Waals surface area contributed by atoms with Crippen molar-refractivity contribution in [2.45, 2.75) is 90.5 Å². The first kappa shape index (κ1) is 20.5. The third kappa shape index (κ3) is 2.98. The Morgan fingerprint density at radius 3 is 2.63 bits per heavy atom. The van der Waals surface area contributed by atoms with E-state index in [9.17, 15) is 4.79 Å². The summed E-state index contributed by atoms with van der Waals surface area (Å²) in [7, 11) is 2.07. The topological polar surface area (TPSA) is 33.2 Å². The number of fused-ring (bicyclic) bond motifs is 5. The Balaban J connectivity index is 1.35. The number of carbonyl (C=O) groups is 1. The molecular formula is C27H40N2O. The molecule has 0 spiro atoms. The van der Waals surface area contributed by atoms with Crippen LogP contribution in [0.15, 0.2) is 24.4 Å². The average Bonchev–Trinajstić information content (AvgIpc) is 3.08. The monoisotopic (exact) mass is 408 g/mol. The van der Waals surface area contributed by atoms with E-state index in [1.165, 1.54) is 50.6 Å². The molecule has 4 aliphatic rings. The summed E-state index contributed by atoms with van der Waals surface area (Å²) in [6, 6.07) is 6.84. The molecule has 0 bridgehead atoms. The van der Waals surface area contributed by atoms with Crippen LogP contribution in [-0.2, 0) is 4.79 Å². The Bertz CT molecular complexity index is 793. The molecule has 1 aromatic rings. The molecule has 0 N–H and O–H groups in total. The Morgan fingerprint density at radius 2 is 1.87 bits per heavy atom. The molecule has 3 heteroatoms. The van der Waals surface area contributed by atoms with Crippen LogP contribution in [0.5, 0.6) is 0 Å². The second-order valence-corrected chi connectivity index (χ2v) is 11.7. The Kier molecular flexibility index (Phi) is 5.02. The number of piperidine rings is 1. The lowest BCUT2D eigenvalue weighted by Crippen LogP contribution is -2.61. The molecule has 0 radical (unpaired) electrons. The lowest BCUT2D eigenvalue weighted by molar-refractivity contribution is -0.158. The van der Waals surface area contributed by atoms with E-state index < -0.39 is 0 Å². The van der Waals surface area contributed by atoms with Gasteiger partial charge in [0.1, 0.15) is 0 Å². The first-order valence-corrected chi connectivity index (χ1v) is 12.5. The van der Waals surface area contributed by atoms with Gasteiger partial charge in [-0.25, -0.2) is 0 Å². The maximum Gasteiger partial charge on any atom is 0.222 e. The first-order chi connectivity index (χ1) is 14.3. The fourth-order valence-corrected chi connectivity index (χ4v) is 8.86. The van der Waals surface area contributed by atoms with Crippen LogP contribution in [0.4, 0.5) is 0 Å². The predicted octanol–water partition coefficient (Wildman–Crippen LogP) is 6.05. The van der Waals surface area contributed by atoms with E-state index >= 15 is 0 Å². The molecule has 0 aromatic carbocycles. The van der Waals surface area contributed by atoms with Crippen LogP contribution in [0.3, 0.4) is 0 Å². The lowest BCUT2D eigenvalue weighted by atomic mass is 9.46. The molecule has 4 fully saturated rings. The quantitative estimate of drug-likeness (QED) is 0.609. The third-order valence-electron chi connectivity index (χ3n) is 10.6. The van der Waals surface area contributed by atoms with Crippen molar-refractivity contribution in [2.24, 2.45) is 34.5 Å². The molecule has 5 rings (SSSR count). The van der Waals surface area contributed by atoms with Crippen LogP contribution in [0.1, 0.15) is 90.2 Å². The molecule has 2 heterocycles. The van der Waals surface area contributed by atoms with E-state index in [2.05, 4.69) is 49.8 Å².